The number of halogens is 1. The molecule has 10 heteroatoms. The van der Waals surface area contributed by atoms with Crippen LogP contribution in [0.4, 0.5) is 10.6 Å². The summed E-state index contributed by atoms with van der Waals surface area (Å²) in [6.45, 7) is 14.3. The summed E-state index contributed by atoms with van der Waals surface area (Å²) in [5.74, 6) is 1.57. The highest BCUT2D eigenvalue weighted by atomic mass is 35.5. The molecule has 2 aromatic heterocycles. The Bertz CT molecular complexity index is 998. The summed E-state index contributed by atoms with van der Waals surface area (Å²) in [5, 5.41) is 0.190. The normalized spacial score (nSPS) is 24.4. The molecule has 0 aromatic carbocycles. The molecule has 1 amide bonds. The van der Waals surface area contributed by atoms with Crippen LogP contribution in [0.25, 0.3) is 11.2 Å². The molecule has 0 aliphatic carbocycles. The lowest BCUT2D eigenvalue weighted by Crippen LogP contribution is -2.59. The van der Waals surface area contributed by atoms with Crippen molar-refractivity contribution >= 4 is 34.7 Å². The van der Waals surface area contributed by atoms with E-state index in [2.05, 4.69) is 26.4 Å². The van der Waals surface area contributed by atoms with Crippen molar-refractivity contribution in [3.05, 3.63) is 11.1 Å². The summed E-state index contributed by atoms with van der Waals surface area (Å²) in [5.41, 5.74) is 0.925. The van der Waals surface area contributed by atoms with Crippen LogP contribution in [0.1, 0.15) is 53.3 Å². The predicted molar refractivity (Wildman–Crippen MR) is 123 cm³/mol. The maximum absolute atomic E-state index is 12.7. The van der Waals surface area contributed by atoms with E-state index in [1.54, 1.807) is 4.90 Å². The summed E-state index contributed by atoms with van der Waals surface area (Å²) in [6, 6.07) is -0.0450. The van der Waals surface area contributed by atoms with E-state index < -0.39 is 5.60 Å². The number of amides is 1. The van der Waals surface area contributed by atoms with E-state index in [-0.39, 0.29) is 29.6 Å². The van der Waals surface area contributed by atoms with Gasteiger partial charge in [-0.05, 0) is 66.0 Å². The number of aromatic nitrogens is 4. The first kappa shape index (κ1) is 23.0. The minimum absolute atomic E-state index is 0.0107. The van der Waals surface area contributed by atoms with Crippen molar-refractivity contribution in [1.29, 1.82) is 0 Å². The maximum Gasteiger partial charge on any atom is 0.410 e. The molecule has 2 aliphatic rings. The van der Waals surface area contributed by atoms with E-state index in [4.69, 9.17) is 26.1 Å². The Morgan fingerprint density at radius 3 is 2.59 bits per heavy atom. The molecule has 0 bridgehead atoms. The van der Waals surface area contributed by atoms with Crippen molar-refractivity contribution in [2.75, 3.05) is 24.6 Å². The van der Waals surface area contributed by atoms with E-state index in [1.807, 2.05) is 34.6 Å². The molecule has 3 atom stereocenters. The molecule has 2 saturated heterocycles. The molecule has 0 N–H and O–H groups in total. The first-order chi connectivity index (χ1) is 15.0. The van der Waals surface area contributed by atoms with E-state index >= 15 is 0 Å². The largest absolute Gasteiger partial charge is 0.444 e. The molecule has 2 aromatic rings. The summed E-state index contributed by atoms with van der Waals surface area (Å²) in [4.78, 5) is 30.5. The van der Waals surface area contributed by atoms with Crippen molar-refractivity contribution in [2.45, 2.75) is 84.7 Å². The topological polar surface area (TPSA) is 85.6 Å². The number of hydrogen-bond donors (Lipinski definition) is 0. The third-order valence-electron chi connectivity index (χ3n) is 6.04. The minimum Gasteiger partial charge on any atom is -0.444 e. The van der Waals surface area contributed by atoms with Crippen LogP contribution in [0.3, 0.4) is 0 Å². The highest BCUT2D eigenvalue weighted by Crippen LogP contribution is 2.31. The van der Waals surface area contributed by atoms with Gasteiger partial charge in [0.25, 0.3) is 0 Å². The van der Waals surface area contributed by atoms with Crippen molar-refractivity contribution in [1.82, 2.24) is 24.4 Å². The Morgan fingerprint density at radius 1 is 1.19 bits per heavy atom. The lowest BCUT2D eigenvalue weighted by Gasteiger charge is -2.44. The number of carbonyl (C=O) groups excluding carboxylic acids is 1. The average Bonchev–Trinajstić information content (AvgIpc) is 3.30. The Balaban J connectivity index is 1.63. The second-order valence-electron chi connectivity index (χ2n) is 9.88. The summed E-state index contributed by atoms with van der Waals surface area (Å²) in [6.07, 6.45) is 1.99. The molecule has 2 aliphatic heterocycles. The Hall–Kier alpha value is -2.13. The van der Waals surface area contributed by atoms with Gasteiger partial charge in [0.15, 0.2) is 17.0 Å². The van der Waals surface area contributed by atoms with Crippen molar-refractivity contribution in [3.63, 3.8) is 0 Å². The number of piperazine rings is 1. The Labute approximate surface area is 194 Å². The molecular formula is C22H33ClN6O3. The molecular weight excluding hydrogens is 432 g/mol. The molecule has 0 saturated carbocycles. The molecule has 9 nitrogen and oxygen atoms in total. The van der Waals surface area contributed by atoms with Crippen LogP contribution in [-0.2, 0) is 16.0 Å². The van der Waals surface area contributed by atoms with Crippen LogP contribution in [-0.4, -0.2) is 74.0 Å². The number of ether oxygens (including phenoxy) is 2. The lowest BCUT2D eigenvalue weighted by atomic mass is 10.1. The fourth-order valence-electron chi connectivity index (χ4n) is 4.48. The summed E-state index contributed by atoms with van der Waals surface area (Å²) in [7, 11) is 0. The minimum atomic E-state index is -0.531. The molecule has 0 unspecified atom stereocenters. The fourth-order valence-corrected chi connectivity index (χ4v) is 4.64. The molecule has 4 rings (SSSR count). The molecule has 32 heavy (non-hydrogen) atoms. The standard InChI is InChI=1S/C22H33ClN6O3/c1-13-11-28(21(30)32-22(4,5)6)14(2)10-27(13)18-17-19(26-20(23)25-18)29(15(3)24-17)12-16-8-7-9-31-16/h13-14,16H,7-12H2,1-6H3/t13-,14+,16-/m0/s1. The zero-order valence-electron chi connectivity index (χ0n) is 19.8. The first-order valence-corrected chi connectivity index (χ1v) is 11.7. The third-order valence-corrected chi connectivity index (χ3v) is 6.21. The van der Waals surface area contributed by atoms with Gasteiger partial charge in [0.05, 0.1) is 12.6 Å². The second-order valence-corrected chi connectivity index (χ2v) is 10.2. The van der Waals surface area contributed by atoms with E-state index in [0.29, 0.717) is 25.5 Å². The van der Waals surface area contributed by atoms with Gasteiger partial charge in [-0.15, -0.1) is 0 Å². The Kier molecular flexibility index (Phi) is 6.24. The van der Waals surface area contributed by atoms with Crippen molar-refractivity contribution in [3.8, 4) is 0 Å². The molecule has 4 heterocycles. The predicted octanol–water partition coefficient (Wildman–Crippen LogP) is 3.80. The van der Waals surface area contributed by atoms with Crippen LogP contribution in [0.5, 0.6) is 0 Å². The molecule has 0 radical (unpaired) electrons. The molecule has 176 valence electrons. The SMILES string of the molecule is Cc1nc2c(N3C[C@@H](C)N(C(=O)OC(C)(C)C)C[C@@H]3C)nc(Cl)nc2n1C[C@@H]1CCCO1. The van der Waals surface area contributed by atoms with Gasteiger partial charge < -0.3 is 23.8 Å². The van der Waals surface area contributed by atoms with Crippen molar-refractivity contribution < 1.29 is 14.3 Å². The van der Waals surface area contributed by atoms with Gasteiger partial charge in [-0.3, -0.25) is 0 Å². The number of imidazole rings is 1. The monoisotopic (exact) mass is 464 g/mol. The molecule has 0 spiro atoms. The quantitative estimate of drug-likeness (QED) is 0.638. The van der Waals surface area contributed by atoms with Crippen LogP contribution in [0.15, 0.2) is 0 Å². The second kappa shape index (κ2) is 8.67. The number of rotatable bonds is 3. The number of nitrogens with zero attached hydrogens (tertiary/aromatic N) is 6. The van der Waals surface area contributed by atoms with Crippen LogP contribution >= 0.6 is 11.6 Å². The van der Waals surface area contributed by atoms with Gasteiger partial charge in [-0.25, -0.2) is 9.78 Å². The van der Waals surface area contributed by atoms with Gasteiger partial charge in [-0.1, -0.05) is 0 Å². The lowest BCUT2D eigenvalue weighted by molar-refractivity contribution is 0.0130. The highest BCUT2D eigenvalue weighted by molar-refractivity contribution is 6.28. The van der Waals surface area contributed by atoms with Crippen LogP contribution in [0, 0.1) is 6.92 Å². The number of hydrogen-bond acceptors (Lipinski definition) is 7. The third kappa shape index (κ3) is 4.64. The van der Waals surface area contributed by atoms with Gasteiger partial charge in [0.1, 0.15) is 11.4 Å². The van der Waals surface area contributed by atoms with E-state index in [0.717, 1.165) is 36.4 Å². The summed E-state index contributed by atoms with van der Waals surface area (Å²) >= 11 is 6.37. The van der Waals surface area contributed by atoms with E-state index in [1.165, 1.54) is 0 Å². The number of carbonyl (C=O) groups is 1. The highest BCUT2D eigenvalue weighted by Gasteiger charge is 2.36. The van der Waals surface area contributed by atoms with Crippen LogP contribution in [0.2, 0.25) is 5.28 Å². The van der Waals surface area contributed by atoms with E-state index in [9.17, 15) is 4.79 Å². The number of fused-ring (bicyclic) bond motifs is 1. The van der Waals surface area contributed by atoms with Gasteiger partial charge in [0, 0.05) is 31.8 Å². The first-order valence-electron chi connectivity index (χ1n) is 11.3. The summed E-state index contributed by atoms with van der Waals surface area (Å²) < 4.78 is 13.5. The Morgan fingerprint density at radius 2 is 1.94 bits per heavy atom. The smallest absolute Gasteiger partial charge is 0.410 e. The number of anilines is 1. The van der Waals surface area contributed by atoms with Gasteiger partial charge in [-0.2, -0.15) is 9.97 Å². The van der Waals surface area contributed by atoms with Crippen LogP contribution < -0.4 is 4.90 Å². The maximum atomic E-state index is 12.7. The number of aryl methyl sites for hydroxylation is 1. The zero-order valence-corrected chi connectivity index (χ0v) is 20.5. The van der Waals surface area contributed by atoms with Crippen molar-refractivity contribution in [2.24, 2.45) is 0 Å². The van der Waals surface area contributed by atoms with Gasteiger partial charge >= 0.3 is 6.09 Å². The van der Waals surface area contributed by atoms with Gasteiger partial charge in [0.2, 0.25) is 5.28 Å². The molecule has 2 fully saturated rings. The fraction of sp³-hybridized carbons (Fsp3) is 0.727. The zero-order chi connectivity index (χ0) is 23.2. The average molecular weight is 465 g/mol.